The summed E-state index contributed by atoms with van der Waals surface area (Å²) in [6, 6.07) is 4.44. The minimum Gasteiger partial charge on any atom is -0.497 e. The molecule has 1 saturated heterocycles. The predicted molar refractivity (Wildman–Crippen MR) is 193 cm³/mol. The van der Waals surface area contributed by atoms with Gasteiger partial charge in [-0.3, -0.25) is 14.4 Å². The number of hydrogen-bond donors (Lipinski definition) is 5. The molecular formula is C38H56N6O7. The minimum atomic E-state index is -1.45. The van der Waals surface area contributed by atoms with Crippen molar-refractivity contribution in [1.82, 2.24) is 31.2 Å². The number of benzene rings is 1. The molecule has 13 heteroatoms. The van der Waals surface area contributed by atoms with Crippen LogP contribution in [0.3, 0.4) is 0 Å². The molecule has 13 nitrogen and oxygen atoms in total. The van der Waals surface area contributed by atoms with Crippen LogP contribution < -0.4 is 30.7 Å². The number of pyridine rings is 1. The second-order valence-corrected chi connectivity index (χ2v) is 16.5. The lowest BCUT2D eigenvalue weighted by Gasteiger charge is -2.36. The first kappa shape index (κ1) is 38.1. The van der Waals surface area contributed by atoms with Crippen molar-refractivity contribution in [1.29, 1.82) is 0 Å². The number of amides is 5. The number of nitrogens with zero attached hydrogens (tertiary/aromatic N) is 2. The Bertz CT molecular complexity index is 1610. The molecule has 0 spiro atoms. The SMILES string of the molecule is CCCC(NC(=O)[C@@H]1C[C@@H](Oc2nc(C3CC3)cc3cc(OC)ccc23)CN1C(=O)[C@@H](NC(=O)NC(C)(C)C)C(C)(C)C)C(O)C(=O)NC1CC1. The molecule has 5 atom stereocenters. The van der Waals surface area contributed by atoms with Gasteiger partial charge in [-0.2, -0.15) is 0 Å². The van der Waals surface area contributed by atoms with Crippen LogP contribution in [0.15, 0.2) is 24.3 Å². The molecule has 0 radical (unpaired) electrons. The van der Waals surface area contributed by atoms with Crippen molar-refractivity contribution in [3.05, 3.63) is 30.0 Å². The zero-order valence-corrected chi connectivity index (χ0v) is 31.3. The zero-order chi connectivity index (χ0) is 37.2. The van der Waals surface area contributed by atoms with Crippen LogP contribution in [0.25, 0.3) is 10.8 Å². The van der Waals surface area contributed by atoms with Gasteiger partial charge in [0.05, 0.1) is 19.7 Å². The summed E-state index contributed by atoms with van der Waals surface area (Å²) in [5, 5.41) is 24.1. The van der Waals surface area contributed by atoms with E-state index in [2.05, 4.69) is 27.3 Å². The van der Waals surface area contributed by atoms with Gasteiger partial charge < -0.3 is 40.7 Å². The molecule has 5 N–H and O–H groups in total. The molecule has 5 rings (SSSR count). The molecule has 2 heterocycles. The molecule has 2 saturated carbocycles. The first-order valence-corrected chi connectivity index (χ1v) is 18.3. The number of fused-ring (bicyclic) bond motifs is 1. The molecule has 1 aromatic heterocycles. The number of hydrogen-bond acceptors (Lipinski definition) is 8. The van der Waals surface area contributed by atoms with Gasteiger partial charge in [0, 0.05) is 35.0 Å². The van der Waals surface area contributed by atoms with Crippen LogP contribution in [0.4, 0.5) is 4.79 Å². The number of rotatable bonds is 13. The maximum absolute atomic E-state index is 14.5. The highest BCUT2D eigenvalue weighted by molar-refractivity contribution is 5.94. The second-order valence-electron chi connectivity index (χ2n) is 16.5. The Morgan fingerprint density at radius 2 is 1.73 bits per heavy atom. The van der Waals surface area contributed by atoms with E-state index < -0.39 is 65.0 Å². The van der Waals surface area contributed by atoms with Gasteiger partial charge in [-0.1, -0.05) is 34.1 Å². The van der Waals surface area contributed by atoms with Crippen molar-refractivity contribution in [3.63, 3.8) is 0 Å². The van der Waals surface area contributed by atoms with Gasteiger partial charge in [-0.15, -0.1) is 0 Å². The monoisotopic (exact) mass is 708 g/mol. The summed E-state index contributed by atoms with van der Waals surface area (Å²) in [6.45, 7) is 13.1. The zero-order valence-electron chi connectivity index (χ0n) is 31.3. The molecule has 1 aromatic carbocycles. The summed E-state index contributed by atoms with van der Waals surface area (Å²) in [6.07, 6.45) is 2.86. The molecular weight excluding hydrogens is 652 g/mol. The highest BCUT2D eigenvalue weighted by Crippen LogP contribution is 2.42. The van der Waals surface area contributed by atoms with Crippen LogP contribution in [0.2, 0.25) is 0 Å². The predicted octanol–water partition coefficient (Wildman–Crippen LogP) is 3.91. The number of ether oxygens (including phenoxy) is 2. The molecule has 2 aliphatic carbocycles. The summed E-state index contributed by atoms with van der Waals surface area (Å²) in [4.78, 5) is 61.0. The summed E-state index contributed by atoms with van der Waals surface area (Å²) in [5.74, 6) is 0.00506. The van der Waals surface area contributed by atoms with E-state index in [4.69, 9.17) is 14.5 Å². The lowest BCUT2D eigenvalue weighted by molar-refractivity contribution is -0.143. The van der Waals surface area contributed by atoms with Gasteiger partial charge in [0.25, 0.3) is 5.91 Å². The quantitative estimate of drug-likeness (QED) is 0.209. The molecule has 0 bridgehead atoms. The number of aromatic nitrogens is 1. The lowest BCUT2D eigenvalue weighted by atomic mass is 9.85. The van der Waals surface area contributed by atoms with E-state index in [0.29, 0.717) is 30.4 Å². The van der Waals surface area contributed by atoms with Gasteiger partial charge >= 0.3 is 6.03 Å². The van der Waals surface area contributed by atoms with Crippen LogP contribution in [-0.2, 0) is 14.4 Å². The number of urea groups is 1. The average molecular weight is 709 g/mol. The van der Waals surface area contributed by atoms with Crippen molar-refractivity contribution in [3.8, 4) is 11.6 Å². The van der Waals surface area contributed by atoms with E-state index in [1.165, 1.54) is 4.90 Å². The highest BCUT2D eigenvalue weighted by Gasteiger charge is 2.47. The van der Waals surface area contributed by atoms with E-state index in [0.717, 1.165) is 42.1 Å². The third-order valence-corrected chi connectivity index (χ3v) is 9.52. The summed E-state index contributed by atoms with van der Waals surface area (Å²) >= 11 is 0. The topological polar surface area (TPSA) is 171 Å². The van der Waals surface area contributed by atoms with Gasteiger partial charge in [0.2, 0.25) is 17.7 Å². The van der Waals surface area contributed by atoms with Gasteiger partial charge in [0.1, 0.15) is 23.9 Å². The Hall–Kier alpha value is -4.13. The van der Waals surface area contributed by atoms with Crippen LogP contribution in [-0.4, -0.2) is 94.3 Å². The fourth-order valence-corrected chi connectivity index (χ4v) is 6.48. The summed E-state index contributed by atoms with van der Waals surface area (Å²) < 4.78 is 12.1. The maximum atomic E-state index is 14.5. The van der Waals surface area contributed by atoms with Crippen molar-refractivity contribution in [2.45, 2.75) is 141 Å². The molecule has 280 valence electrons. The third kappa shape index (κ3) is 9.81. The number of carbonyl (C=O) groups excluding carboxylic acids is 4. The summed E-state index contributed by atoms with van der Waals surface area (Å²) in [5.41, 5.74) is -0.335. The van der Waals surface area contributed by atoms with Crippen molar-refractivity contribution >= 4 is 34.5 Å². The van der Waals surface area contributed by atoms with E-state index in [9.17, 15) is 24.3 Å². The second kappa shape index (κ2) is 15.2. The fourth-order valence-electron chi connectivity index (χ4n) is 6.48. The molecule has 3 fully saturated rings. The normalized spacial score (nSPS) is 21.0. The first-order chi connectivity index (χ1) is 24.0. The van der Waals surface area contributed by atoms with Gasteiger partial charge in [-0.25, -0.2) is 9.78 Å². The third-order valence-electron chi connectivity index (χ3n) is 9.52. The number of aliphatic hydroxyl groups is 1. The van der Waals surface area contributed by atoms with Crippen molar-refractivity contribution in [2.75, 3.05) is 13.7 Å². The minimum absolute atomic E-state index is 0.0486. The maximum Gasteiger partial charge on any atom is 0.315 e. The highest BCUT2D eigenvalue weighted by atomic mass is 16.5. The number of aliphatic hydroxyl groups excluding tert-OH is 1. The number of carbonyl (C=O) groups is 4. The van der Waals surface area contributed by atoms with E-state index in [1.807, 2.05) is 66.7 Å². The smallest absolute Gasteiger partial charge is 0.315 e. The molecule has 3 aliphatic rings. The Balaban J connectivity index is 1.44. The Kier molecular flexibility index (Phi) is 11.4. The van der Waals surface area contributed by atoms with Crippen LogP contribution in [0.1, 0.15) is 105 Å². The summed E-state index contributed by atoms with van der Waals surface area (Å²) in [7, 11) is 1.62. The number of methoxy groups -OCH3 is 1. The van der Waals surface area contributed by atoms with Crippen LogP contribution in [0.5, 0.6) is 11.6 Å². The largest absolute Gasteiger partial charge is 0.497 e. The van der Waals surface area contributed by atoms with Gasteiger partial charge in [-0.05, 0) is 87.9 Å². The van der Waals surface area contributed by atoms with E-state index >= 15 is 0 Å². The van der Waals surface area contributed by atoms with Crippen LogP contribution in [0, 0.1) is 5.41 Å². The Labute approximate surface area is 301 Å². The first-order valence-electron chi connectivity index (χ1n) is 18.3. The number of nitrogens with one attached hydrogen (secondary N) is 4. The van der Waals surface area contributed by atoms with Gasteiger partial charge in [0.15, 0.2) is 6.10 Å². The van der Waals surface area contributed by atoms with Crippen molar-refractivity contribution in [2.24, 2.45) is 5.41 Å². The molecule has 2 unspecified atom stereocenters. The standard InChI is InChI=1S/C38H56N6O7/c1-9-10-27(30(45)33(47)39-23-13-14-23)40-32(46)29-19-25(20-44(29)35(48)31(37(2,3)4)42-36(49)43-38(5,6)7)51-34-26-16-15-24(50-8)17-22(26)18-28(41-34)21-11-12-21/h15-18,21,23,25,27,29-31,45H,9-14,19-20H2,1-8H3,(H,39,47)(H,40,46)(H2,42,43,49)/t25-,27?,29+,30?,31-/m1/s1. The van der Waals surface area contributed by atoms with E-state index in [1.54, 1.807) is 7.11 Å². The number of likely N-dealkylation sites (tertiary alicyclic amines) is 1. The average Bonchev–Trinajstić information content (AvgIpc) is 3.99. The molecule has 1 aliphatic heterocycles. The molecule has 5 amide bonds. The van der Waals surface area contributed by atoms with Crippen molar-refractivity contribution < 1.29 is 33.8 Å². The van der Waals surface area contributed by atoms with Crippen LogP contribution >= 0.6 is 0 Å². The van der Waals surface area contributed by atoms with E-state index in [-0.39, 0.29) is 19.0 Å². The fraction of sp³-hybridized carbons (Fsp3) is 0.658. The lowest BCUT2D eigenvalue weighted by Crippen LogP contribution is -2.61. The molecule has 2 aromatic rings. The molecule has 51 heavy (non-hydrogen) atoms. The Morgan fingerprint density at radius 3 is 2.31 bits per heavy atom. The Morgan fingerprint density at radius 1 is 1.02 bits per heavy atom.